The molecule has 0 spiro atoms. The highest BCUT2D eigenvalue weighted by Gasteiger charge is 2.35. The van der Waals surface area contributed by atoms with Gasteiger partial charge in [-0.15, -0.1) is 0 Å². The van der Waals surface area contributed by atoms with E-state index in [0.29, 0.717) is 17.9 Å². The number of aryl methyl sites for hydroxylation is 1. The van der Waals surface area contributed by atoms with Crippen LogP contribution in [0.15, 0.2) is 30.5 Å². The molecule has 2 aromatic rings. The second-order valence-corrected chi connectivity index (χ2v) is 5.76. The molecule has 0 fully saturated rings. The van der Waals surface area contributed by atoms with Crippen molar-refractivity contribution < 1.29 is 14.3 Å². The number of aromatic nitrogens is 1. The average Bonchev–Trinajstić information content (AvgIpc) is 2.90. The van der Waals surface area contributed by atoms with E-state index in [0.717, 1.165) is 16.9 Å². The lowest BCUT2D eigenvalue weighted by molar-refractivity contribution is 0.0499. The molecule has 0 saturated carbocycles. The summed E-state index contributed by atoms with van der Waals surface area (Å²) in [6.07, 6.45) is 1.99. The summed E-state index contributed by atoms with van der Waals surface area (Å²) in [6, 6.07) is 7.87. The minimum atomic E-state index is -0.493. The molecule has 0 N–H and O–H groups in total. The lowest BCUT2D eigenvalue weighted by Crippen LogP contribution is -2.33. The van der Waals surface area contributed by atoms with Crippen molar-refractivity contribution in [2.24, 2.45) is 0 Å². The molecule has 0 saturated heterocycles. The lowest BCUT2D eigenvalue weighted by Gasteiger charge is -2.35. The second kappa shape index (κ2) is 4.65. The Bertz CT molecular complexity index is 713. The zero-order chi connectivity index (χ0) is 15.2. The van der Waals surface area contributed by atoms with Gasteiger partial charge in [-0.3, -0.25) is 0 Å². The van der Waals surface area contributed by atoms with E-state index in [-0.39, 0.29) is 5.97 Å². The number of ether oxygens (including phenoxy) is 2. The molecule has 3 rings (SSSR count). The topological polar surface area (TPSA) is 40.5 Å². The van der Waals surface area contributed by atoms with Crippen molar-refractivity contribution in [3.63, 3.8) is 0 Å². The maximum absolute atomic E-state index is 12.2. The van der Waals surface area contributed by atoms with Gasteiger partial charge in [-0.05, 0) is 57.5 Å². The predicted octanol–water partition coefficient (Wildman–Crippen LogP) is 3.59. The highest BCUT2D eigenvalue weighted by Crippen LogP contribution is 2.41. The third-order valence-corrected chi connectivity index (χ3v) is 3.69. The Balaban J connectivity index is 2.24. The first-order valence-corrected chi connectivity index (χ1v) is 7.13. The number of rotatable bonds is 2. The van der Waals surface area contributed by atoms with Gasteiger partial charge in [0, 0.05) is 6.20 Å². The van der Waals surface area contributed by atoms with Crippen LogP contribution in [0.25, 0.3) is 5.69 Å². The lowest BCUT2D eigenvalue weighted by atomic mass is 10.00. The van der Waals surface area contributed by atoms with E-state index in [4.69, 9.17) is 9.47 Å². The zero-order valence-corrected chi connectivity index (χ0v) is 12.8. The van der Waals surface area contributed by atoms with Gasteiger partial charge in [-0.2, -0.15) is 0 Å². The van der Waals surface area contributed by atoms with Crippen molar-refractivity contribution in [1.29, 1.82) is 0 Å². The molecule has 0 bridgehead atoms. The van der Waals surface area contributed by atoms with Gasteiger partial charge < -0.3 is 14.0 Å². The third-order valence-electron chi connectivity index (χ3n) is 3.69. The highest BCUT2D eigenvalue weighted by molar-refractivity contribution is 5.94. The predicted molar refractivity (Wildman–Crippen MR) is 80.1 cm³/mol. The van der Waals surface area contributed by atoms with Gasteiger partial charge in [0.05, 0.1) is 18.0 Å². The van der Waals surface area contributed by atoms with Gasteiger partial charge in [-0.25, -0.2) is 4.79 Å². The average molecular weight is 285 g/mol. The first kappa shape index (κ1) is 13.7. The van der Waals surface area contributed by atoms with E-state index in [1.807, 2.05) is 51.2 Å². The highest BCUT2D eigenvalue weighted by atomic mass is 16.5. The number of esters is 1. The molecule has 1 aliphatic rings. The number of carbonyl (C=O) groups excluding carboxylic acids is 1. The molecule has 0 aliphatic carbocycles. The summed E-state index contributed by atoms with van der Waals surface area (Å²) >= 11 is 0. The molecule has 110 valence electrons. The summed E-state index contributed by atoms with van der Waals surface area (Å²) in [4.78, 5) is 12.2. The van der Waals surface area contributed by atoms with Crippen LogP contribution in [0.2, 0.25) is 0 Å². The summed E-state index contributed by atoms with van der Waals surface area (Å²) < 4.78 is 13.4. The molecule has 4 nitrogen and oxygen atoms in total. The fourth-order valence-electron chi connectivity index (χ4n) is 2.79. The van der Waals surface area contributed by atoms with E-state index in [1.165, 1.54) is 0 Å². The van der Waals surface area contributed by atoms with E-state index in [1.54, 1.807) is 6.92 Å². The first-order chi connectivity index (χ1) is 9.94. The van der Waals surface area contributed by atoms with Crippen molar-refractivity contribution in [1.82, 2.24) is 4.57 Å². The van der Waals surface area contributed by atoms with Crippen LogP contribution in [-0.4, -0.2) is 17.1 Å². The number of hydrogen-bond donors (Lipinski definition) is 0. The van der Waals surface area contributed by atoms with Crippen LogP contribution in [0.3, 0.4) is 0 Å². The summed E-state index contributed by atoms with van der Waals surface area (Å²) in [5.74, 6) is 0.247. The van der Waals surface area contributed by atoms with Crippen molar-refractivity contribution in [3.05, 3.63) is 47.3 Å². The molecule has 0 radical (unpaired) electrons. The normalized spacial score (nSPS) is 14.9. The minimum Gasteiger partial charge on any atom is -0.479 e. The minimum absolute atomic E-state index is 0.344. The van der Waals surface area contributed by atoms with Crippen LogP contribution in [0.1, 0.15) is 42.4 Å². The molecular formula is C17H19NO3. The largest absolute Gasteiger partial charge is 0.479 e. The molecule has 0 atom stereocenters. The Hall–Kier alpha value is -2.23. The third kappa shape index (κ3) is 2.11. The summed E-state index contributed by atoms with van der Waals surface area (Å²) in [5, 5.41) is 0. The van der Waals surface area contributed by atoms with E-state index >= 15 is 0 Å². The van der Waals surface area contributed by atoms with Crippen molar-refractivity contribution in [3.8, 4) is 11.4 Å². The number of hydrogen-bond acceptors (Lipinski definition) is 3. The van der Waals surface area contributed by atoms with Crippen molar-refractivity contribution >= 4 is 5.97 Å². The Morgan fingerprint density at radius 1 is 1.38 bits per heavy atom. The van der Waals surface area contributed by atoms with Gasteiger partial charge in [-0.1, -0.05) is 0 Å². The standard InChI is InChI=1S/C17H19NO3/c1-5-20-16(19)12-9-11(2)10-13-15(12)21-17(3,4)14-7-6-8-18(13)14/h6-10H,5H2,1-4H3. The van der Waals surface area contributed by atoms with Gasteiger partial charge >= 0.3 is 5.97 Å². The van der Waals surface area contributed by atoms with Crippen LogP contribution in [0.4, 0.5) is 0 Å². The monoisotopic (exact) mass is 285 g/mol. The van der Waals surface area contributed by atoms with E-state index < -0.39 is 5.60 Å². The van der Waals surface area contributed by atoms with Crippen LogP contribution in [-0.2, 0) is 10.3 Å². The maximum Gasteiger partial charge on any atom is 0.342 e. The van der Waals surface area contributed by atoms with Crippen LogP contribution in [0.5, 0.6) is 5.75 Å². The molecule has 0 amide bonds. The fourth-order valence-corrected chi connectivity index (χ4v) is 2.79. The van der Waals surface area contributed by atoms with Crippen LogP contribution >= 0.6 is 0 Å². The second-order valence-electron chi connectivity index (χ2n) is 5.76. The SMILES string of the molecule is CCOC(=O)c1cc(C)cc2c1OC(C)(C)c1cccn1-2. The summed E-state index contributed by atoms with van der Waals surface area (Å²) in [5.41, 5.74) is 2.94. The van der Waals surface area contributed by atoms with Gasteiger partial charge in [0.25, 0.3) is 0 Å². The smallest absolute Gasteiger partial charge is 0.342 e. The van der Waals surface area contributed by atoms with Crippen LogP contribution < -0.4 is 4.74 Å². The Morgan fingerprint density at radius 2 is 2.14 bits per heavy atom. The Labute approximate surface area is 124 Å². The van der Waals surface area contributed by atoms with Gasteiger partial charge in [0.1, 0.15) is 11.2 Å². The first-order valence-electron chi connectivity index (χ1n) is 7.13. The van der Waals surface area contributed by atoms with Gasteiger partial charge in [0.15, 0.2) is 5.75 Å². The Morgan fingerprint density at radius 3 is 2.86 bits per heavy atom. The fraction of sp³-hybridized carbons (Fsp3) is 0.353. The van der Waals surface area contributed by atoms with Crippen LogP contribution in [0, 0.1) is 6.92 Å². The Kier molecular flexibility index (Phi) is 3.04. The number of carbonyl (C=O) groups is 1. The molecule has 1 aromatic carbocycles. The maximum atomic E-state index is 12.2. The quantitative estimate of drug-likeness (QED) is 0.792. The summed E-state index contributed by atoms with van der Waals surface area (Å²) in [6.45, 7) is 8.10. The van der Waals surface area contributed by atoms with E-state index in [2.05, 4.69) is 4.57 Å². The molecule has 0 unspecified atom stereocenters. The number of fused-ring (bicyclic) bond motifs is 3. The van der Waals surface area contributed by atoms with Crippen molar-refractivity contribution in [2.45, 2.75) is 33.3 Å². The van der Waals surface area contributed by atoms with E-state index in [9.17, 15) is 4.79 Å². The molecule has 4 heteroatoms. The molecular weight excluding hydrogens is 266 g/mol. The molecule has 1 aliphatic heterocycles. The zero-order valence-electron chi connectivity index (χ0n) is 12.8. The molecule has 1 aromatic heterocycles. The summed E-state index contributed by atoms with van der Waals surface area (Å²) in [7, 11) is 0. The molecule has 21 heavy (non-hydrogen) atoms. The number of nitrogens with zero attached hydrogens (tertiary/aromatic N) is 1. The van der Waals surface area contributed by atoms with Gasteiger partial charge in [0.2, 0.25) is 0 Å². The number of benzene rings is 1. The molecule has 2 heterocycles. The van der Waals surface area contributed by atoms with Crippen molar-refractivity contribution in [2.75, 3.05) is 6.61 Å².